The molecule has 0 aliphatic heterocycles. The van der Waals surface area contributed by atoms with Gasteiger partial charge in [-0.05, 0) is 63.3 Å². The van der Waals surface area contributed by atoms with Crippen LogP contribution in [0.25, 0.3) is 0 Å². The molecule has 0 spiro atoms. The number of ether oxygens (including phenoxy) is 2. The lowest BCUT2D eigenvalue weighted by Gasteiger charge is -2.28. The first-order valence-electron chi connectivity index (χ1n) is 11.2. The summed E-state index contributed by atoms with van der Waals surface area (Å²) in [4.78, 5) is 37.3. The Balaban J connectivity index is 2.28. The zero-order valence-electron chi connectivity index (χ0n) is 20.4. The molecule has 1 aromatic carbocycles. The molecule has 0 aromatic heterocycles. The summed E-state index contributed by atoms with van der Waals surface area (Å²) in [5.74, 6) is -1.08. The summed E-state index contributed by atoms with van der Waals surface area (Å²) in [5.41, 5.74) is -0.141. The number of alkyl carbamates (subject to hydrolysis) is 1. The Morgan fingerprint density at radius 2 is 1.63 bits per heavy atom. The van der Waals surface area contributed by atoms with E-state index in [1.54, 1.807) is 45.0 Å². The van der Waals surface area contributed by atoms with Gasteiger partial charge in [0.1, 0.15) is 11.6 Å². The summed E-state index contributed by atoms with van der Waals surface area (Å²) < 4.78 is 49.0. The molecule has 0 radical (unpaired) electrons. The molecular weight excluding hydrogens is 465 g/mol. The molecule has 2 unspecified atom stereocenters. The van der Waals surface area contributed by atoms with Crippen LogP contribution in [-0.2, 0) is 14.3 Å². The van der Waals surface area contributed by atoms with E-state index in [1.807, 2.05) is 6.92 Å². The number of hydrogen-bond acceptors (Lipinski definition) is 5. The van der Waals surface area contributed by atoms with Gasteiger partial charge in [-0.3, -0.25) is 4.79 Å². The van der Waals surface area contributed by atoms with Crippen LogP contribution in [0.15, 0.2) is 47.6 Å². The van der Waals surface area contributed by atoms with Gasteiger partial charge >= 0.3 is 18.2 Å². The van der Waals surface area contributed by atoms with E-state index in [9.17, 15) is 27.6 Å². The predicted molar refractivity (Wildman–Crippen MR) is 124 cm³/mol. The van der Waals surface area contributed by atoms with E-state index >= 15 is 0 Å². The van der Waals surface area contributed by atoms with Crippen molar-refractivity contribution in [2.75, 3.05) is 7.11 Å². The first-order valence-corrected chi connectivity index (χ1v) is 11.2. The lowest BCUT2D eigenvalue weighted by atomic mass is 9.92. The minimum atomic E-state index is -4.46. The zero-order valence-corrected chi connectivity index (χ0v) is 20.4. The van der Waals surface area contributed by atoms with E-state index in [2.05, 4.69) is 15.4 Å². The number of halogens is 3. The molecule has 0 saturated carbocycles. The van der Waals surface area contributed by atoms with Gasteiger partial charge in [-0.25, -0.2) is 9.59 Å². The molecule has 10 heteroatoms. The molecule has 2 rings (SSSR count). The number of hydrogen-bond donors (Lipinski definition) is 2. The minimum Gasteiger partial charge on any atom is -0.465 e. The van der Waals surface area contributed by atoms with Gasteiger partial charge in [-0.1, -0.05) is 31.2 Å². The third kappa shape index (κ3) is 8.15. The van der Waals surface area contributed by atoms with Crippen molar-refractivity contribution in [3.8, 4) is 0 Å². The van der Waals surface area contributed by atoms with Crippen molar-refractivity contribution < 1.29 is 37.0 Å². The van der Waals surface area contributed by atoms with Crippen LogP contribution in [-0.4, -0.2) is 42.9 Å². The molecule has 1 aliphatic rings. The molecule has 35 heavy (non-hydrogen) atoms. The number of benzene rings is 1. The molecule has 0 saturated heterocycles. The van der Waals surface area contributed by atoms with E-state index < -0.39 is 47.4 Å². The van der Waals surface area contributed by atoms with Crippen LogP contribution in [0.1, 0.15) is 68.9 Å². The van der Waals surface area contributed by atoms with Gasteiger partial charge in [0, 0.05) is 5.57 Å². The van der Waals surface area contributed by atoms with Crippen molar-refractivity contribution >= 4 is 18.0 Å². The zero-order chi connectivity index (χ0) is 26.4. The molecule has 7 nitrogen and oxygen atoms in total. The van der Waals surface area contributed by atoms with Gasteiger partial charge in [0.05, 0.1) is 18.7 Å². The van der Waals surface area contributed by atoms with Crippen LogP contribution >= 0.6 is 0 Å². The molecule has 2 amide bonds. The third-order valence-corrected chi connectivity index (χ3v) is 5.30. The first-order chi connectivity index (χ1) is 16.2. The molecule has 0 heterocycles. The van der Waals surface area contributed by atoms with E-state index in [0.717, 1.165) is 6.08 Å². The summed E-state index contributed by atoms with van der Waals surface area (Å²) >= 11 is 0. The molecule has 0 fully saturated rings. The van der Waals surface area contributed by atoms with Gasteiger partial charge in [0.2, 0.25) is 5.91 Å². The second-order valence-electron chi connectivity index (χ2n) is 9.09. The van der Waals surface area contributed by atoms with Gasteiger partial charge < -0.3 is 20.1 Å². The number of amides is 2. The Bertz CT molecular complexity index is 992. The van der Waals surface area contributed by atoms with E-state index in [4.69, 9.17) is 4.74 Å². The van der Waals surface area contributed by atoms with Crippen molar-refractivity contribution in [2.24, 2.45) is 0 Å². The highest BCUT2D eigenvalue weighted by molar-refractivity contribution is 5.90. The number of rotatable bonds is 7. The molecule has 2 N–H and O–H groups in total. The Labute approximate surface area is 202 Å². The largest absolute Gasteiger partial charge is 0.465 e. The average Bonchev–Trinajstić information content (AvgIpc) is 2.79. The van der Waals surface area contributed by atoms with Crippen LogP contribution in [0.3, 0.4) is 0 Å². The number of alkyl halides is 3. The van der Waals surface area contributed by atoms with Gasteiger partial charge in [0.25, 0.3) is 0 Å². The smallest absolute Gasteiger partial charge is 0.412 e. The van der Waals surface area contributed by atoms with Crippen LogP contribution < -0.4 is 10.6 Å². The second-order valence-corrected chi connectivity index (χ2v) is 9.09. The van der Waals surface area contributed by atoms with E-state index in [-0.39, 0.29) is 12.8 Å². The summed E-state index contributed by atoms with van der Waals surface area (Å²) in [6, 6.07) is 4.80. The maximum Gasteiger partial charge on any atom is 0.412 e. The summed E-state index contributed by atoms with van der Waals surface area (Å²) in [7, 11) is 1.27. The number of nitrogens with one attached hydrogen (secondary N) is 2. The molecule has 2 atom stereocenters. The Hall–Kier alpha value is -3.30. The highest BCUT2D eigenvalue weighted by Gasteiger charge is 2.36. The number of methoxy groups -OCH3 is 1. The molecule has 1 aromatic rings. The number of esters is 1. The fraction of sp³-hybridized carbons (Fsp3) is 0.480. The van der Waals surface area contributed by atoms with E-state index in [0.29, 0.717) is 23.1 Å². The van der Waals surface area contributed by atoms with Crippen molar-refractivity contribution in [1.29, 1.82) is 0 Å². The third-order valence-electron chi connectivity index (χ3n) is 5.30. The fourth-order valence-corrected chi connectivity index (χ4v) is 3.53. The maximum absolute atomic E-state index is 13.2. The van der Waals surface area contributed by atoms with Crippen molar-refractivity contribution in [3.05, 3.63) is 58.7 Å². The second kappa shape index (κ2) is 11.4. The maximum atomic E-state index is 13.2. The monoisotopic (exact) mass is 496 g/mol. The summed E-state index contributed by atoms with van der Waals surface area (Å²) in [6.45, 7) is 6.81. The van der Waals surface area contributed by atoms with E-state index in [1.165, 1.54) is 13.2 Å². The number of allylic oxidation sites excluding steroid dienone is 3. The number of carbonyl (C=O) groups excluding carboxylic acids is 3. The van der Waals surface area contributed by atoms with Gasteiger partial charge in [0.15, 0.2) is 0 Å². The number of carbonyl (C=O) groups is 3. The lowest BCUT2D eigenvalue weighted by Crippen LogP contribution is -2.50. The highest BCUT2D eigenvalue weighted by Crippen LogP contribution is 2.33. The summed E-state index contributed by atoms with van der Waals surface area (Å²) in [6.07, 6.45) is -3.04. The van der Waals surface area contributed by atoms with Crippen molar-refractivity contribution in [3.63, 3.8) is 0 Å². The normalized spacial score (nSPS) is 15.8. The standard InChI is InChI=1S/C25H31F3N2O5/c1-6-19(15-7-9-17(10-8-15)22(32)34-5)29-21(31)20(30-23(33)35-24(2,3)4)16-11-13-18(14-12-16)25(26,27)28/h7-11,13,19-20H,6,12,14H2,1-5H3,(H,29,31)(H,30,33). The Morgan fingerprint density at radius 3 is 2.09 bits per heavy atom. The molecule has 0 bridgehead atoms. The fourth-order valence-electron chi connectivity index (χ4n) is 3.53. The lowest BCUT2D eigenvalue weighted by molar-refractivity contribution is -0.123. The van der Waals surface area contributed by atoms with Crippen LogP contribution in [0.2, 0.25) is 0 Å². The van der Waals surface area contributed by atoms with Gasteiger partial charge in [-0.2, -0.15) is 13.2 Å². The van der Waals surface area contributed by atoms with Crippen LogP contribution in [0.5, 0.6) is 0 Å². The minimum absolute atomic E-state index is 0.0517. The topological polar surface area (TPSA) is 93.7 Å². The van der Waals surface area contributed by atoms with Crippen molar-refractivity contribution in [1.82, 2.24) is 10.6 Å². The molecule has 192 valence electrons. The predicted octanol–water partition coefficient (Wildman–Crippen LogP) is 5.14. The van der Waals surface area contributed by atoms with Crippen LogP contribution in [0.4, 0.5) is 18.0 Å². The molecular formula is C25H31F3N2O5. The SMILES string of the molecule is CCC(NC(=O)C(NC(=O)OC(C)(C)C)C1=CC=C(C(F)(F)F)CC1)c1ccc(C(=O)OC)cc1. The highest BCUT2D eigenvalue weighted by atomic mass is 19.4. The Morgan fingerprint density at radius 1 is 1.00 bits per heavy atom. The summed E-state index contributed by atoms with van der Waals surface area (Å²) in [5, 5.41) is 5.34. The first kappa shape index (κ1) is 27.9. The van der Waals surface area contributed by atoms with Crippen LogP contribution in [0, 0.1) is 0 Å². The quantitative estimate of drug-likeness (QED) is 0.510. The average molecular weight is 497 g/mol. The van der Waals surface area contributed by atoms with Crippen molar-refractivity contribution in [2.45, 2.75) is 70.8 Å². The van der Waals surface area contributed by atoms with Gasteiger partial charge in [-0.15, -0.1) is 0 Å². The Kier molecular flexibility index (Phi) is 9.12. The molecule has 1 aliphatic carbocycles.